The van der Waals surface area contributed by atoms with Gasteiger partial charge in [-0.25, -0.2) is 0 Å². The zero-order valence-electron chi connectivity index (χ0n) is 7.00. The lowest BCUT2D eigenvalue weighted by Crippen LogP contribution is -2.15. The lowest BCUT2D eigenvalue weighted by Gasteiger charge is -2.06. The molecule has 0 aliphatic carbocycles. The summed E-state index contributed by atoms with van der Waals surface area (Å²) in [7, 11) is 2.69. The largest absolute Gasteiger partial charge is 0.394 e. The molecule has 2 atom stereocenters. The molecular formula is C6H13NO4S2. The molecule has 78 valence electrons. The number of aliphatic hydroxyl groups is 3. The van der Waals surface area contributed by atoms with Gasteiger partial charge in [0.25, 0.3) is 0 Å². The molecule has 0 aromatic rings. The Morgan fingerprint density at radius 2 is 1.77 bits per heavy atom. The van der Waals surface area contributed by atoms with E-state index in [4.69, 9.17) is 15.3 Å². The molecule has 0 aromatic heterocycles. The quantitative estimate of drug-likeness (QED) is 0.303. The molecule has 2 unspecified atom stereocenters. The third-order valence-corrected chi connectivity index (χ3v) is 3.70. The average Bonchev–Trinajstić information content (AvgIpc) is 2.18. The zero-order chi connectivity index (χ0) is 10.1. The fraction of sp³-hybridized carbons (Fsp3) is 1.00. The predicted octanol–water partition coefficient (Wildman–Crippen LogP) is -0.152. The Labute approximate surface area is 84.3 Å². The SMILES string of the molecule is O=NC(CO)CSSCC(O)CO. The molecule has 0 rings (SSSR count). The second kappa shape index (κ2) is 8.76. The van der Waals surface area contributed by atoms with Crippen molar-refractivity contribution in [1.29, 1.82) is 0 Å². The highest BCUT2D eigenvalue weighted by atomic mass is 33.1. The Bertz CT molecular complexity index is 138. The maximum Gasteiger partial charge on any atom is 0.125 e. The first-order chi connectivity index (χ1) is 6.24. The molecule has 0 aliphatic heterocycles. The molecule has 13 heavy (non-hydrogen) atoms. The highest BCUT2D eigenvalue weighted by Crippen LogP contribution is 2.23. The molecule has 0 radical (unpaired) electrons. The van der Waals surface area contributed by atoms with Gasteiger partial charge < -0.3 is 15.3 Å². The van der Waals surface area contributed by atoms with E-state index in [1.165, 1.54) is 21.6 Å². The van der Waals surface area contributed by atoms with Gasteiger partial charge in [0.1, 0.15) is 6.04 Å². The highest BCUT2D eigenvalue weighted by molar-refractivity contribution is 8.76. The fourth-order valence-electron chi connectivity index (χ4n) is 0.422. The van der Waals surface area contributed by atoms with Crippen molar-refractivity contribution in [3.8, 4) is 0 Å². The van der Waals surface area contributed by atoms with Crippen LogP contribution in [0.1, 0.15) is 0 Å². The van der Waals surface area contributed by atoms with E-state index in [0.29, 0.717) is 11.5 Å². The van der Waals surface area contributed by atoms with Crippen molar-refractivity contribution >= 4 is 21.6 Å². The third-order valence-electron chi connectivity index (χ3n) is 1.17. The molecule has 0 fully saturated rings. The Hall–Kier alpha value is 0.180. The standard InChI is InChI=1S/C6H13NO4S2/c8-1-5(7-11)3-12-13-4-6(10)2-9/h5-6,8-10H,1-4H2. The fourth-order valence-corrected chi connectivity index (χ4v) is 2.72. The normalized spacial score (nSPS) is 15.3. The molecular weight excluding hydrogens is 214 g/mol. The summed E-state index contributed by atoms with van der Waals surface area (Å²) in [5, 5.41) is 28.6. The summed E-state index contributed by atoms with van der Waals surface area (Å²) in [4.78, 5) is 10.00. The molecule has 0 amide bonds. The molecule has 0 aliphatic rings. The number of hydrogen-bond acceptors (Lipinski definition) is 7. The van der Waals surface area contributed by atoms with Crippen LogP contribution >= 0.6 is 21.6 Å². The first-order valence-electron chi connectivity index (χ1n) is 3.71. The van der Waals surface area contributed by atoms with E-state index in [2.05, 4.69) is 5.18 Å². The van der Waals surface area contributed by atoms with Crippen LogP contribution < -0.4 is 0 Å². The minimum atomic E-state index is -0.728. The summed E-state index contributed by atoms with van der Waals surface area (Å²) >= 11 is 0. The van der Waals surface area contributed by atoms with Gasteiger partial charge in [-0.2, -0.15) is 4.91 Å². The average molecular weight is 227 g/mol. The van der Waals surface area contributed by atoms with Gasteiger partial charge in [-0.15, -0.1) is 0 Å². The molecule has 0 heterocycles. The summed E-state index contributed by atoms with van der Waals surface area (Å²) in [6, 6.07) is -0.580. The van der Waals surface area contributed by atoms with Crippen LogP contribution in [0.4, 0.5) is 0 Å². The smallest absolute Gasteiger partial charge is 0.125 e. The van der Waals surface area contributed by atoms with Crippen LogP contribution in [0.3, 0.4) is 0 Å². The van der Waals surface area contributed by atoms with Gasteiger partial charge in [0.05, 0.1) is 19.3 Å². The first-order valence-corrected chi connectivity index (χ1v) is 6.20. The molecule has 0 saturated carbocycles. The molecule has 5 nitrogen and oxygen atoms in total. The van der Waals surface area contributed by atoms with Crippen molar-refractivity contribution in [2.45, 2.75) is 12.1 Å². The summed E-state index contributed by atoms with van der Waals surface area (Å²) in [6.07, 6.45) is -0.728. The molecule has 7 heteroatoms. The van der Waals surface area contributed by atoms with E-state index in [1.807, 2.05) is 0 Å². The van der Waals surface area contributed by atoms with Crippen LogP contribution in [0.5, 0.6) is 0 Å². The van der Waals surface area contributed by atoms with Crippen LogP contribution in [0.2, 0.25) is 0 Å². The van der Waals surface area contributed by atoms with Gasteiger partial charge in [0.15, 0.2) is 0 Å². The summed E-state index contributed by atoms with van der Waals surface area (Å²) in [5.41, 5.74) is 0. The van der Waals surface area contributed by atoms with Gasteiger partial charge in [-0.3, -0.25) is 0 Å². The van der Waals surface area contributed by atoms with E-state index >= 15 is 0 Å². The zero-order valence-corrected chi connectivity index (χ0v) is 8.63. The van der Waals surface area contributed by atoms with E-state index in [0.717, 1.165) is 0 Å². The number of nitrogens with zero attached hydrogens (tertiary/aromatic N) is 1. The van der Waals surface area contributed by atoms with E-state index in [9.17, 15) is 4.91 Å². The van der Waals surface area contributed by atoms with Crippen LogP contribution in [-0.4, -0.2) is 52.2 Å². The Morgan fingerprint density at radius 1 is 1.15 bits per heavy atom. The number of rotatable bonds is 8. The van der Waals surface area contributed by atoms with Gasteiger partial charge in [0.2, 0.25) is 0 Å². The molecule has 0 aromatic carbocycles. The maximum absolute atomic E-state index is 10.00. The summed E-state index contributed by atoms with van der Waals surface area (Å²) < 4.78 is 0. The van der Waals surface area contributed by atoms with Gasteiger partial charge >= 0.3 is 0 Å². The predicted molar refractivity (Wildman–Crippen MR) is 54.7 cm³/mol. The Balaban J connectivity index is 3.28. The van der Waals surface area contributed by atoms with E-state index in [1.54, 1.807) is 0 Å². The van der Waals surface area contributed by atoms with Gasteiger partial charge in [0, 0.05) is 11.5 Å². The second-order valence-electron chi connectivity index (χ2n) is 2.35. The van der Waals surface area contributed by atoms with Crippen LogP contribution in [0.15, 0.2) is 5.18 Å². The van der Waals surface area contributed by atoms with Gasteiger partial charge in [-0.1, -0.05) is 26.8 Å². The minimum absolute atomic E-state index is 0.250. The van der Waals surface area contributed by atoms with Crippen LogP contribution in [0, 0.1) is 4.91 Å². The maximum atomic E-state index is 10.00. The van der Waals surface area contributed by atoms with E-state index in [-0.39, 0.29) is 13.2 Å². The highest BCUT2D eigenvalue weighted by Gasteiger charge is 2.08. The molecule has 0 spiro atoms. The summed E-state index contributed by atoms with van der Waals surface area (Å²) in [5.74, 6) is 0.820. The van der Waals surface area contributed by atoms with Crippen molar-refractivity contribution in [2.24, 2.45) is 5.18 Å². The van der Waals surface area contributed by atoms with Crippen molar-refractivity contribution in [2.75, 3.05) is 24.7 Å². The van der Waals surface area contributed by atoms with E-state index < -0.39 is 12.1 Å². The second-order valence-corrected chi connectivity index (χ2v) is 4.90. The lowest BCUT2D eigenvalue weighted by atomic mass is 10.4. The van der Waals surface area contributed by atoms with Crippen molar-refractivity contribution in [1.82, 2.24) is 0 Å². The molecule has 0 bridgehead atoms. The van der Waals surface area contributed by atoms with Gasteiger partial charge in [-0.05, 0) is 0 Å². The third kappa shape index (κ3) is 7.27. The van der Waals surface area contributed by atoms with Crippen molar-refractivity contribution < 1.29 is 15.3 Å². The van der Waals surface area contributed by atoms with Crippen molar-refractivity contribution in [3.63, 3.8) is 0 Å². The molecule has 0 saturated heterocycles. The minimum Gasteiger partial charge on any atom is -0.394 e. The van der Waals surface area contributed by atoms with Crippen LogP contribution in [-0.2, 0) is 0 Å². The first kappa shape index (κ1) is 13.2. The number of aliphatic hydroxyl groups excluding tert-OH is 3. The number of nitroso groups, excluding NO2 is 1. The topological polar surface area (TPSA) is 90.1 Å². The summed E-state index contributed by atoms with van der Waals surface area (Å²) in [6.45, 7) is -0.511. The van der Waals surface area contributed by atoms with Crippen molar-refractivity contribution in [3.05, 3.63) is 4.91 Å². The van der Waals surface area contributed by atoms with Crippen LogP contribution in [0.25, 0.3) is 0 Å². The molecule has 3 N–H and O–H groups in total. The monoisotopic (exact) mass is 227 g/mol. The Morgan fingerprint density at radius 3 is 2.23 bits per heavy atom. The Kier molecular flexibility index (Phi) is 8.89. The lowest BCUT2D eigenvalue weighted by molar-refractivity contribution is 0.114. The number of hydrogen-bond donors (Lipinski definition) is 3.